The Labute approximate surface area is 167 Å². The van der Waals surface area contributed by atoms with Gasteiger partial charge in [-0.3, -0.25) is 9.59 Å². The van der Waals surface area contributed by atoms with Crippen molar-refractivity contribution in [3.63, 3.8) is 0 Å². The number of methoxy groups -OCH3 is 1. The minimum Gasteiger partial charge on any atom is -0.496 e. The minimum atomic E-state index is -0.331. The van der Waals surface area contributed by atoms with E-state index in [1.165, 1.54) is 6.08 Å². The summed E-state index contributed by atoms with van der Waals surface area (Å²) in [6.45, 7) is 5.74. The van der Waals surface area contributed by atoms with E-state index in [1.54, 1.807) is 37.5 Å². The summed E-state index contributed by atoms with van der Waals surface area (Å²) in [5.74, 6) is 0.182. The second kappa shape index (κ2) is 8.86. The first-order valence-electron chi connectivity index (χ1n) is 8.43. The number of rotatable bonds is 5. The van der Waals surface area contributed by atoms with Gasteiger partial charge in [-0.2, -0.15) is 0 Å². The van der Waals surface area contributed by atoms with E-state index in [4.69, 9.17) is 4.74 Å². The highest BCUT2D eigenvalue weighted by molar-refractivity contribution is 9.10. The summed E-state index contributed by atoms with van der Waals surface area (Å²) in [7, 11) is 1.58. The standard InChI is InChI=1S/C21H23BrN2O3/c1-21(2,3)24-20(26)15-6-5-7-17(13-15)23-19(25)11-8-14-12-16(22)9-10-18(14)27-4/h5-13H,1-4H3,(H,23,25)(H,24,26). The van der Waals surface area contributed by atoms with Gasteiger partial charge in [-0.05, 0) is 63.2 Å². The van der Waals surface area contributed by atoms with Crippen molar-refractivity contribution in [2.24, 2.45) is 0 Å². The number of benzene rings is 2. The van der Waals surface area contributed by atoms with Crippen molar-refractivity contribution >= 4 is 39.5 Å². The Bertz CT molecular complexity index is 870. The fourth-order valence-electron chi connectivity index (χ4n) is 2.34. The fourth-order valence-corrected chi connectivity index (χ4v) is 2.71. The molecule has 2 aromatic rings. The highest BCUT2D eigenvalue weighted by Gasteiger charge is 2.15. The maximum atomic E-state index is 12.3. The summed E-state index contributed by atoms with van der Waals surface area (Å²) in [5.41, 5.74) is 1.48. The molecule has 6 heteroatoms. The van der Waals surface area contributed by atoms with Crippen LogP contribution in [0, 0.1) is 0 Å². The first-order valence-corrected chi connectivity index (χ1v) is 9.22. The van der Waals surface area contributed by atoms with Crippen LogP contribution in [-0.2, 0) is 4.79 Å². The van der Waals surface area contributed by atoms with Crippen LogP contribution in [0.15, 0.2) is 53.0 Å². The molecule has 0 heterocycles. The molecule has 0 atom stereocenters. The molecule has 142 valence electrons. The van der Waals surface area contributed by atoms with E-state index in [0.717, 1.165) is 10.0 Å². The quantitative estimate of drug-likeness (QED) is 0.678. The van der Waals surface area contributed by atoms with E-state index in [2.05, 4.69) is 26.6 Å². The molecule has 0 aliphatic carbocycles. The molecule has 0 aliphatic rings. The van der Waals surface area contributed by atoms with Gasteiger partial charge >= 0.3 is 0 Å². The summed E-state index contributed by atoms with van der Waals surface area (Å²) in [6, 6.07) is 12.4. The number of ether oxygens (including phenoxy) is 1. The van der Waals surface area contributed by atoms with Crippen LogP contribution in [0.25, 0.3) is 6.08 Å². The van der Waals surface area contributed by atoms with Crippen LogP contribution in [0.3, 0.4) is 0 Å². The van der Waals surface area contributed by atoms with Gasteiger partial charge in [0.1, 0.15) is 5.75 Å². The number of anilines is 1. The van der Waals surface area contributed by atoms with Gasteiger partial charge in [0.05, 0.1) is 7.11 Å². The third-order valence-corrected chi connectivity index (χ3v) is 3.98. The number of amides is 2. The van der Waals surface area contributed by atoms with Crippen LogP contribution in [0.4, 0.5) is 5.69 Å². The van der Waals surface area contributed by atoms with E-state index in [1.807, 2.05) is 39.0 Å². The van der Waals surface area contributed by atoms with E-state index in [0.29, 0.717) is 17.0 Å². The molecule has 0 saturated carbocycles. The predicted molar refractivity (Wildman–Crippen MR) is 112 cm³/mol. The fraction of sp³-hybridized carbons (Fsp3) is 0.238. The Balaban J connectivity index is 2.09. The summed E-state index contributed by atoms with van der Waals surface area (Å²) in [5, 5.41) is 5.66. The summed E-state index contributed by atoms with van der Waals surface area (Å²) < 4.78 is 6.17. The van der Waals surface area contributed by atoms with Crippen molar-refractivity contribution in [3.8, 4) is 5.75 Å². The molecule has 0 fully saturated rings. The molecule has 5 nitrogen and oxygen atoms in total. The van der Waals surface area contributed by atoms with Gasteiger partial charge in [0.15, 0.2) is 0 Å². The molecule has 0 unspecified atom stereocenters. The predicted octanol–water partition coefficient (Wildman–Crippen LogP) is 4.64. The molecule has 2 aromatic carbocycles. The number of carbonyl (C=O) groups is 2. The van der Waals surface area contributed by atoms with E-state index in [-0.39, 0.29) is 17.4 Å². The van der Waals surface area contributed by atoms with Crippen LogP contribution >= 0.6 is 15.9 Å². The van der Waals surface area contributed by atoms with Gasteiger partial charge in [0, 0.05) is 32.9 Å². The monoisotopic (exact) mass is 430 g/mol. The highest BCUT2D eigenvalue weighted by atomic mass is 79.9. The number of nitrogens with one attached hydrogen (secondary N) is 2. The zero-order valence-corrected chi connectivity index (χ0v) is 17.4. The summed E-state index contributed by atoms with van der Waals surface area (Å²) in [4.78, 5) is 24.5. The van der Waals surface area contributed by atoms with Gasteiger partial charge in [-0.15, -0.1) is 0 Å². The lowest BCUT2D eigenvalue weighted by Gasteiger charge is -2.20. The minimum absolute atomic E-state index is 0.187. The number of hydrogen-bond acceptors (Lipinski definition) is 3. The van der Waals surface area contributed by atoms with Gasteiger partial charge in [-0.1, -0.05) is 22.0 Å². The molecule has 0 aliphatic heterocycles. The SMILES string of the molecule is COc1ccc(Br)cc1C=CC(=O)Nc1cccc(C(=O)NC(C)(C)C)c1. The third-order valence-electron chi connectivity index (χ3n) is 3.49. The number of carbonyl (C=O) groups excluding carboxylic acids is 2. The maximum Gasteiger partial charge on any atom is 0.251 e. The van der Waals surface area contributed by atoms with Crippen molar-refractivity contribution in [3.05, 3.63) is 64.1 Å². The van der Waals surface area contributed by atoms with Crippen molar-refractivity contribution < 1.29 is 14.3 Å². The third kappa shape index (κ3) is 6.57. The topological polar surface area (TPSA) is 67.4 Å². The lowest BCUT2D eigenvalue weighted by molar-refractivity contribution is -0.111. The molecule has 0 radical (unpaired) electrons. The van der Waals surface area contributed by atoms with E-state index < -0.39 is 0 Å². The Morgan fingerprint density at radius 3 is 2.52 bits per heavy atom. The molecule has 2 amide bonds. The summed E-state index contributed by atoms with van der Waals surface area (Å²) >= 11 is 3.40. The summed E-state index contributed by atoms with van der Waals surface area (Å²) in [6.07, 6.45) is 3.10. The first kappa shape index (κ1) is 20.7. The molecule has 2 N–H and O–H groups in total. The average Bonchev–Trinajstić information content (AvgIpc) is 2.59. The largest absolute Gasteiger partial charge is 0.496 e. The second-order valence-corrected chi connectivity index (χ2v) is 7.91. The molecule has 0 spiro atoms. The van der Waals surface area contributed by atoms with Crippen molar-refractivity contribution in [1.29, 1.82) is 0 Å². The van der Waals surface area contributed by atoms with Gasteiger partial charge < -0.3 is 15.4 Å². The number of hydrogen-bond donors (Lipinski definition) is 2. The Hall–Kier alpha value is -2.60. The lowest BCUT2D eigenvalue weighted by Crippen LogP contribution is -2.40. The van der Waals surface area contributed by atoms with E-state index >= 15 is 0 Å². The highest BCUT2D eigenvalue weighted by Crippen LogP contribution is 2.24. The van der Waals surface area contributed by atoms with Crippen LogP contribution in [-0.4, -0.2) is 24.5 Å². The zero-order chi connectivity index (χ0) is 20.0. The first-order chi connectivity index (χ1) is 12.7. The van der Waals surface area contributed by atoms with Crippen LogP contribution < -0.4 is 15.4 Å². The second-order valence-electron chi connectivity index (χ2n) is 6.99. The molecular weight excluding hydrogens is 408 g/mol. The molecule has 0 bridgehead atoms. The lowest BCUT2D eigenvalue weighted by atomic mass is 10.1. The number of halogens is 1. The molecule has 0 saturated heterocycles. The van der Waals surface area contributed by atoms with Crippen LogP contribution in [0.2, 0.25) is 0 Å². The van der Waals surface area contributed by atoms with Crippen LogP contribution in [0.1, 0.15) is 36.7 Å². The van der Waals surface area contributed by atoms with Crippen LogP contribution in [0.5, 0.6) is 5.75 Å². The van der Waals surface area contributed by atoms with E-state index in [9.17, 15) is 9.59 Å². The Morgan fingerprint density at radius 2 is 1.85 bits per heavy atom. The average molecular weight is 431 g/mol. The van der Waals surface area contributed by atoms with Gasteiger partial charge in [0.2, 0.25) is 5.91 Å². The van der Waals surface area contributed by atoms with Crippen molar-refractivity contribution in [2.75, 3.05) is 12.4 Å². The molecule has 2 rings (SSSR count). The molecule has 27 heavy (non-hydrogen) atoms. The van der Waals surface area contributed by atoms with Crippen molar-refractivity contribution in [2.45, 2.75) is 26.3 Å². The zero-order valence-electron chi connectivity index (χ0n) is 15.8. The van der Waals surface area contributed by atoms with Gasteiger partial charge in [-0.25, -0.2) is 0 Å². The Kier molecular flexibility index (Phi) is 6.80. The molecular formula is C21H23BrN2O3. The Morgan fingerprint density at radius 1 is 1.11 bits per heavy atom. The van der Waals surface area contributed by atoms with Gasteiger partial charge in [0.25, 0.3) is 5.91 Å². The molecule has 0 aromatic heterocycles. The smallest absolute Gasteiger partial charge is 0.251 e. The maximum absolute atomic E-state index is 12.3. The van der Waals surface area contributed by atoms with Crippen molar-refractivity contribution in [1.82, 2.24) is 5.32 Å². The normalized spacial score (nSPS) is 11.3.